The highest BCUT2D eigenvalue weighted by Crippen LogP contribution is 2.70. The van der Waals surface area contributed by atoms with Crippen LogP contribution in [0.25, 0.3) is 0 Å². The molecule has 1 N–H and O–H groups in total. The minimum Gasteiger partial charge on any atom is -0.472 e. The zero-order chi connectivity index (χ0) is 26.7. The van der Waals surface area contributed by atoms with Crippen LogP contribution in [-0.2, 0) is 4.74 Å². The number of likely N-dealkylation sites (tertiary alicyclic amines) is 2. The molecule has 9 atom stereocenters. The van der Waals surface area contributed by atoms with Gasteiger partial charge in [0.25, 0.3) is 0 Å². The van der Waals surface area contributed by atoms with E-state index in [9.17, 15) is 5.11 Å². The van der Waals surface area contributed by atoms with Crippen LogP contribution >= 0.6 is 0 Å². The van der Waals surface area contributed by atoms with Crippen LogP contribution in [0.15, 0.2) is 23.0 Å². The Morgan fingerprint density at radius 1 is 0.949 bits per heavy atom. The third-order valence-corrected chi connectivity index (χ3v) is 13.6. The summed E-state index contributed by atoms with van der Waals surface area (Å²) in [5.74, 6) is 2.29. The standard InChI is InChI=1S/C34H54N2O3/c1-32-13-9-28(39-24-27(36-18-5-6-19-36)22-35-16-3-4-17-35)21-26(32)7-8-31-30(32)10-14-33(2)29(11-15-34(31,33)37)25-12-20-38-23-25/h12,20,23,26-31,37H,3-11,13-19,21-22,24H2,1-2H3/t26-,27?,28+,29-,30+,31-,32+,33-,34+/m1/s1. The number of hydrogen-bond donors (Lipinski definition) is 1. The Bertz CT molecular complexity index is 971. The Morgan fingerprint density at radius 2 is 1.74 bits per heavy atom. The molecule has 1 unspecified atom stereocenters. The lowest BCUT2D eigenvalue weighted by molar-refractivity contribution is -0.207. The van der Waals surface area contributed by atoms with Crippen molar-refractivity contribution in [3.05, 3.63) is 24.2 Å². The molecule has 2 saturated heterocycles. The maximum atomic E-state index is 12.5. The summed E-state index contributed by atoms with van der Waals surface area (Å²) >= 11 is 0. The van der Waals surface area contributed by atoms with E-state index < -0.39 is 5.60 Å². The predicted octanol–water partition coefficient (Wildman–Crippen LogP) is 6.47. The Hall–Kier alpha value is -0.880. The topological polar surface area (TPSA) is 49.1 Å². The molecule has 39 heavy (non-hydrogen) atoms. The maximum Gasteiger partial charge on any atom is 0.0937 e. The van der Waals surface area contributed by atoms with Gasteiger partial charge in [0.15, 0.2) is 0 Å². The van der Waals surface area contributed by atoms with Crippen LogP contribution in [0, 0.1) is 28.6 Å². The van der Waals surface area contributed by atoms with E-state index in [0.29, 0.717) is 35.3 Å². The SMILES string of the molecule is C[C@]12CC[C@H](OCC(CN3CCCC3)N3CCCC3)C[C@H]1CC[C@@H]1[C@@H]2CC[C@]2(C)[C@@H](c3ccoc3)CC[C@]12O. The third-order valence-electron chi connectivity index (χ3n) is 13.6. The van der Waals surface area contributed by atoms with Crippen LogP contribution in [0.3, 0.4) is 0 Å². The first kappa shape index (κ1) is 27.0. The summed E-state index contributed by atoms with van der Waals surface area (Å²) in [4.78, 5) is 5.42. The zero-order valence-corrected chi connectivity index (χ0v) is 24.8. The smallest absolute Gasteiger partial charge is 0.0937 e. The van der Waals surface area contributed by atoms with Crippen molar-refractivity contribution in [1.29, 1.82) is 0 Å². The Kier molecular flexibility index (Phi) is 7.22. The van der Waals surface area contributed by atoms with E-state index in [-0.39, 0.29) is 5.41 Å². The fourth-order valence-electron chi connectivity index (χ4n) is 11.2. The summed E-state index contributed by atoms with van der Waals surface area (Å²) in [5, 5.41) is 12.5. The lowest BCUT2D eigenvalue weighted by Crippen LogP contribution is -2.62. The summed E-state index contributed by atoms with van der Waals surface area (Å²) < 4.78 is 12.3. The first-order valence-corrected chi connectivity index (χ1v) is 16.7. The molecule has 4 saturated carbocycles. The molecule has 0 aromatic carbocycles. The van der Waals surface area contributed by atoms with Crippen molar-refractivity contribution in [2.75, 3.05) is 39.3 Å². The summed E-state index contributed by atoms with van der Waals surface area (Å²) in [6, 6.07) is 2.72. The van der Waals surface area contributed by atoms with E-state index in [2.05, 4.69) is 29.7 Å². The van der Waals surface area contributed by atoms with Crippen LogP contribution in [-0.4, -0.2) is 72.0 Å². The van der Waals surface area contributed by atoms with Crippen molar-refractivity contribution in [1.82, 2.24) is 9.80 Å². The van der Waals surface area contributed by atoms with Crippen LogP contribution in [0.4, 0.5) is 0 Å². The van der Waals surface area contributed by atoms with Crippen molar-refractivity contribution in [2.45, 2.75) is 121 Å². The molecule has 7 rings (SSSR count). The second-order valence-electron chi connectivity index (χ2n) is 15.2. The lowest BCUT2D eigenvalue weighted by atomic mass is 9.43. The largest absolute Gasteiger partial charge is 0.472 e. The number of aliphatic hydroxyl groups is 1. The van der Waals surface area contributed by atoms with Crippen LogP contribution in [0.2, 0.25) is 0 Å². The molecule has 5 nitrogen and oxygen atoms in total. The van der Waals surface area contributed by atoms with Gasteiger partial charge in [0.1, 0.15) is 0 Å². The van der Waals surface area contributed by atoms with E-state index in [0.717, 1.165) is 31.8 Å². The van der Waals surface area contributed by atoms with Gasteiger partial charge >= 0.3 is 0 Å². The molecule has 0 spiro atoms. The molecule has 0 radical (unpaired) electrons. The number of rotatable bonds is 7. The maximum absolute atomic E-state index is 12.5. The van der Waals surface area contributed by atoms with E-state index in [1.165, 1.54) is 102 Å². The molecule has 4 aliphatic carbocycles. The first-order valence-electron chi connectivity index (χ1n) is 16.7. The third kappa shape index (κ3) is 4.48. The fourth-order valence-corrected chi connectivity index (χ4v) is 11.2. The monoisotopic (exact) mass is 538 g/mol. The van der Waals surface area contributed by atoms with Crippen LogP contribution in [0.1, 0.15) is 109 Å². The van der Waals surface area contributed by atoms with Crippen molar-refractivity contribution < 1.29 is 14.3 Å². The molecule has 3 heterocycles. The Balaban J connectivity index is 1.01. The molecule has 1 aromatic rings. The summed E-state index contributed by atoms with van der Waals surface area (Å²) in [6.45, 7) is 12.2. The number of furan rings is 1. The molecule has 0 amide bonds. The molecule has 2 aliphatic heterocycles. The number of hydrogen-bond acceptors (Lipinski definition) is 5. The van der Waals surface area contributed by atoms with Crippen molar-refractivity contribution in [3.63, 3.8) is 0 Å². The van der Waals surface area contributed by atoms with Gasteiger partial charge in [-0.1, -0.05) is 13.8 Å². The van der Waals surface area contributed by atoms with E-state index >= 15 is 0 Å². The van der Waals surface area contributed by atoms with Gasteiger partial charge in [-0.2, -0.15) is 0 Å². The molecule has 0 bridgehead atoms. The molecule has 5 heteroatoms. The quantitative estimate of drug-likeness (QED) is 0.431. The molecule has 6 aliphatic rings. The highest BCUT2D eigenvalue weighted by atomic mass is 16.5. The van der Waals surface area contributed by atoms with Gasteiger partial charge < -0.3 is 19.2 Å². The van der Waals surface area contributed by atoms with Gasteiger partial charge in [0, 0.05) is 18.0 Å². The number of nitrogens with zero attached hydrogens (tertiary/aromatic N) is 2. The van der Waals surface area contributed by atoms with Gasteiger partial charge in [-0.05, 0) is 150 Å². The van der Waals surface area contributed by atoms with E-state index in [1.54, 1.807) is 0 Å². The van der Waals surface area contributed by atoms with E-state index in [4.69, 9.17) is 9.15 Å². The zero-order valence-electron chi connectivity index (χ0n) is 24.8. The van der Waals surface area contributed by atoms with Crippen molar-refractivity contribution in [2.24, 2.45) is 28.6 Å². The molecule has 1 aromatic heterocycles. The van der Waals surface area contributed by atoms with Gasteiger partial charge in [0.05, 0.1) is 30.8 Å². The second-order valence-corrected chi connectivity index (χ2v) is 15.2. The Morgan fingerprint density at radius 3 is 2.51 bits per heavy atom. The minimum atomic E-state index is -0.530. The summed E-state index contributed by atoms with van der Waals surface area (Å²) in [7, 11) is 0. The minimum absolute atomic E-state index is 0.0263. The highest BCUT2D eigenvalue weighted by Gasteiger charge is 2.67. The number of fused-ring (bicyclic) bond motifs is 5. The first-order chi connectivity index (χ1) is 18.9. The molecule has 218 valence electrons. The Labute approximate surface area is 237 Å². The highest BCUT2D eigenvalue weighted by molar-refractivity contribution is 5.27. The average Bonchev–Trinajstić information content (AvgIpc) is 3.74. The predicted molar refractivity (Wildman–Crippen MR) is 155 cm³/mol. The van der Waals surface area contributed by atoms with Gasteiger partial charge in [0.2, 0.25) is 0 Å². The molecular weight excluding hydrogens is 484 g/mol. The molecule has 6 fully saturated rings. The van der Waals surface area contributed by atoms with Crippen molar-refractivity contribution >= 4 is 0 Å². The molecular formula is C34H54N2O3. The number of ether oxygens (including phenoxy) is 1. The normalized spacial score (nSPS) is 45.7. The summed E-state index contributed by atoms with van der Waals surface area (Å²) in [5.41, 5.74) is 1.11. The lowest BCUT2D eigenvalue weighted by Gasteiger charge is -2.63. The van der Waals surface area contributed by atoms with Crippen molar-refractivity contribution in [3.8, 4) is 0 Å². The average molecular weight is 539 g/mol. The van der Waals surface area contributed by atoms with Gasteiger partial charge in [-0.25, -0.2) is 0 Å². The van der Waals surface area contributed by atoms with E-state index in [1.807, 2.05) is 12.5 Å². The second kappa shape index (κ2) is 10.4. The van der Waals surface area contributed by atoms with Gasteiger partial charge in [-0.3, -0.25) is 4.90 Å². The van der Waals surface area contributed by atoms with Crippen LogP contribution in [0.5, 0.6) is 0 Å². The van der Waals surface area contributed by atoms with Gasteiger partial charge in [-0.15, -0.1) is 0 Å². The van der Waals surface area contributed by atoms with Crippen LogP contribution < -0.4 is 0 Å². The fraction of sp³-hybridized carbons (Fsp3) is 0.882. The summed E-state index contributed by atoms with van der Waals surface area (Å²) in [6.07, 6.45) is 20.3.